The van der Waals surface area contributed by atoms with Crippen LogP contribution in [0.5, 0.6) is 0 Å². The van der Waals surface area contributed by atoms with Gasteiger partial charge in [0.1, 0.15) is 5.82 Å². The molecule has 0 amide bonds. The molecular weight excluding hydrogens is 243 g/mol. The molecule has 0 spiro atoms. The molecule has 0 unspecified atom stereocenters. The highest BCUT2D eigenvalue weighted by Gasteiger charge is 2.00. The van der Waals surface area contributed by atoms with Crippen molar-refractivity contribution in [2.75, 3.05) is 12.3 Å². The number of hydrogen-bond donors (Lipinski definition) is 1. The van der Waals surface area contributed by atoms with Crippen LogP contribution < -0.4 is 5.73 Å². The molecule has 19 heavy (non-hydrogen) atoms. The van der Waals surface area contributed by atoms with Crippen LogP contribution in [0.3, 0.4) is 0 Å². The van der Waals surface area contributed by atoms with E-state index in [0.29, 0.717) is 13.2 Å². The van der Waals surface area contributed by atoms with Crippen LogP contribution >= 0.6 is 0 Å². The average molecular weight is 260 g/mol. The molecule has 0 aliphatic rings. The summed E-state index contributed by atoms with van der Waals surface area (Å²) in [4.78, 5) is 3.97. The smallest absolute Gasteiger partial charge is 0.146 e. The van der Waals surface area contributed by atoms with Gasteiger partial charge >= 0.3 is 0 Å². The molecular formula is C15H17FN2O. The van der Waals surface area contributed by atoms with Crippen molar-refractivity contribution in [2.45, 2.75) is 19.4 Å². The molecule has 0 bridgehead atoms. The number of ether oxygens (including phenoxy) is 1. The number of pyridine rings is 1. The standard InChI is InChI=1S/C15H17FN2O/c16-14-10-13(3-4-15(14)17)11-19-9-1-2-12-5-7-18-8-6-12/h3-8,10H,1-2,9,11,17H2. The summed E-state index contributed by atoms with van der Waals surface area (Å²) in [5.41, 5.74) is 7.63. The number of anilines is 1. The summed E-state index contributed by atoms with van der Waals surface area (Å²) < 4.78 is 18.7. The van der Waals surface area contributed by atoms with Crippen LogP contribution in [0.15, 0.2) is 42.7 Å². The molecule has 2 N–H and O–H groups in total. The first-order valence-corrected chi connectivity index (χ1v) is 6.26. The second-order valence-corrected chi connectivity index (χ2v) is 4.37. The summed E-state index contributed by atoms with van der Waals surface area (Å²) in [6, 6.07) is 8.75. The number of halogens is 1. The van der Waals surface area contributed by atoms with Crippen LogP contribution in [-0.2, 0) is 17.8 Å². The van der Waals surface area contributed by atoms with E-state index in [1.165, 1.54) is 11.6 Å². The van der Waals surface area contributed by atoms with E-state index >= 15 is 0 Å². The minimum atomic E-state index is -0.391. The maximum atomic E-state index is 13.2. The molecule has 0 aliphatic carbocycles. The average Bonchev–Trinajstić information content (AvgIpc) is 2.43. The molecule has 4 heteroatoms. The molecule has 1 aromatic carbocycles. The van der Waals surface area contributed by atoms with E-state index < -0.39 is 5.82 Å². The van der Waals surface area contributed by atoms with E-state index in [9.17, 15) is 4.39 Å². The lowest BCUT2D eigenvalue weighted by molar-refractivity contribution is 0.118. The van der Waals surface area contributed by atoms with E-state index in [2.05, 4.69) is 4.98 Å². The zero-order valence-electron chi connectivity index (χ0n) is 10.7. The summed E-state index contributed by atoms with van der Waals surface area (Å²) in [6.07, 6.45) is 5.46. The Kier molecular flexibility index (Phi) is 4.86. The molecule has 1 heterocycles. The normalized spacial score (nSPS) is 10.6. The van der Waals surface area contributed by atoms with Gasteiger partial charge in [0.25, 0.3) is 0 Å². The Hall–Kier alpha value is -1.94. The van der Waals surface area contributed by atoms with Gasteiger partial charge in [-0.25, -0.2) is 4.39 Å². The predicted octanol–water partition coefficient (Wildman–Crippen LogP) is 2.95. The SMILES string of the molecule is Nc1ccc(COCCCc2ccncc2)cc1F. The van der Waals surface area contributed by atoms with Crippen molar-refractivity contribution in [2.24, 2.45) is 0 Å². The largest absolute Gasteiger partial charge is 0.396 e. The molecule has 2 aromatic rings. The predicted molar refractivity (Wildman–Crippen MR) is 73.0 cm³/mol. The first-order valence-electron chi connectivity index (χ1n) is 6.26. The topological polar surface area (TPSA) is 48.1 Å². The van der Waals surface area contributed by atoms with E-state index in [1.807, 2.05) is 12.1 Å². The van der Waals surface area contributed by atoms with Crippen LogP contribution in [0.25, 0.3) is 0 Å². The van der Waals surface area contributed by atoms with Gasteiger partial charge in [-0.15, -0.1) is 0 Å². The zero-order chi connectivity index (χ0) is 13.5. The monoisotopic (exact) mass is 260 g/mol. The van der Waals surface area contributed by atoms with Gasteiger partial charge in [0.15, 0.2) is 0 Å². The third-order valence-corrected chi connectivity index (χ3v) is 2.84. The third kappa shape index (κ3) is 4.34. The molecule has 0 atom stereocenters. The Labute approximate surface area is 112 Å². The van der Waals surface area contributed by atoms with Gasteiger partial charge in [-0.05, 0) is 48.2 Å². The summed E-state index contributed by atoms with van der Waals surface area (Å²) in [5.74, 6) is -0.391. The van der Waals surface area contributed by atoms with Gasteiger partial charge in [-0.2, -0.15) is 0 Å². The van der Waals surface area contributed by atoms with Crippen molar-refractivity contribution in [3.63, 3.8) is 0 Å². The molecule has 3 nitrogen and oxygen atoms in total. The molecule has 0 fully saturated rings. The zero-order valence-corrected chi connectivity index (χ0v) is 10.7. The van der Waals surface area contributed by atoms with Crippen LogP contribution in [0.2, 0.25) is 0 Å². The summed E-state index contributed by atoms with van der Waals surface area (Å²) in [7, 11) is 0. The van der Waals surface area contributed by atoms with Gasteiger partial charge in [-0.3, -0.25) is 4.98 Å². The number of nitrogen functional groups attached to an aromatic ring is 1. The minimum absolute atomic E-state index is 0.168. The van der Waals surface area contributed by atoms with Crippen molar-refractivity contribution in [3.05, 3.63) is 59.7 Å². The minimum Gasteiger partial charge on any atom is -0.396 e. The van der Waals surface area contributed by atoms with E-state index in [-0.39, 0.29) is 5.69 Å². The fourth-order valence-corrected chi connectivity index (χ4v) is 1.78. The Morgan fingerprint density at radius 1 is 1.11 bits per heavy atom. The van der Waals surface area contributed by atoms with Crippen molar-refractivity contribution in [1.82, 2.24) is 4.98 Å². The number of aryl methyl sites for hydroxylation is 1. The number of nitrogens with zero attached hydrogens (tertiary/aromatic N) is 1. The number of aromatic nitrogens is 1. The van der Waals surface area contributed by atoms with Crippen LogP contribution in [0.1, 0.15) is 17.5 Å². The van der Waals surface area contributed by atoms with Crippen molar-refractivity contribution in [1.29, 1.82) is 0 Å². The molecule has 0 saturated heterocycles. The quantitative estimate of drug-likeness (QED) is 0.641. The number of benzene rings is 1. The first kappa shape index (κ1) is 13.5. The summed E-state index contributed by atoms with van der Waals surface area (Å²) in [5, 5.41) is 0. The summed E-state index contributed by atoms with van der Waals surface area (Å²) >= 11 is 0. The first-order chi connectivity index (χ1) is 9.25. The van der Waals surface area contributed by atoms with Crippen molar-refractivity contribution >= 4 is 5.69 Å². The molecule has 2 rings (SSSR count). The van der Waals surface area contributed by atoms with Gasteiger partial charge < -0.3 is 10.5 Å². The Morgan fingerprint density at radius 3 is 2.63 bits per heavy atom. The molecule has 1 aromatic heterocycles. The fourth-order valence-electron chi connectivity index (χ4n) is 1.78. The number of rotatable bonds is 6. The van der Waals surface area contributed by atoms with Gasteiger partial charge in [0.2, 0.25) is 0 Å². The molecule has 100 valence electrons. The molecule has 0 saturated carbocycles. The van der Waals surface area contributed by atoms with E-state index in [4.69, 9.17) is 10.5 Å². The Morgan fingerprint density at radius 2 is 1.89 bits per heavy atom. The van der Waals surface area contributed by atoms with Crippen molar-refractivity contribution < 1.29 is 9.13 Å². The second kappa shape index (κ2) is 6.85. The number of nitrogens with two attached hydrogens (primary N) is 1. The maximum Gasteiger partial charge on any atom is 0.146 e. The summed E-state index contributed by atoms with van der Waals surface area (Å²) in [6.45, 7) is 1.06. The molecule has 0 aliphatic heterocycles. The van der Waals surface area contributed by atoms with E-state index in [1.54, 1.807) is 24.5 Å². The Bertz CT molecular complexity index is 517. The van der Waals surface area contributed by atoms with Gasteiger partial charge in [0, 0.05) is 19.0 Å². The van der Waals surface area contributed by atoms with Crippen LogP contribution in [0, 0.1) is 5.82 Å². The third-order valence-electron chi connectivity index (χ3n) is 2.84. The second-order valence-electron chi connectivity index (χ2n) is 4.37. The lowest BCUT2D eigenvalue weighted by atomic mass is 10.1. The van der Waals surface area contributed by atoms with E-state index in [0.717, 1.165) is 18.4 Å². The highest BCUT2D eigenvalue weighted by molar-refractivity contribution is 5.41. The van der Waals surface area contributed by atoms with Crippen molar-refractivity contribution in [3.8, 4) is 0 Å². The highest BCUT2D eigenvalue weighted by atomic mass is 19.1. The van der Waals surface area contributed by atoms with Gasteiger partial charge in [-0.1, -0.05) is 6.07 Å². The Balaban J connectivity index is 1.68. The van der Waals surface area contributed by atoms with Crippen LogP contribution in [-0.4, -0.2) is 11.6 Å². The maximum absolute atomic E-state index is 13.2. The molecule has 0 radical (unpaired) electrons. The van der Waals surface area contributed by atoms with Crippen LogP contribution in [0.4, 0.5) is 10.1 Å². The lowest BCUT2D eigenvalue weighted by Gasteiger charge is -2.05. The lowest BCUT2D eigenvalue weighted by Crippen LogP contribution is -1.99. The highest BCUT2D eigenvalue weighted by Crippen LogP contribution is 2.12. The fraction of sp³-hybridized carbons (Fsp3) is 0.267. The van der Waals surface area contributed by atoms with Gasteiger partial charge in [0.05, 0.1) is 12.3 Å². The number of hydrogen-bond acceptors (Lipinski definition) is 3.